The minimum Gasteiger partial charge on any atom is -0.378 e. The van der Waals surface area contributed by atoms with Crippen molar-refractivity contribution >= 4 is 16.9 Å². The molecule has 2 N–H and O–H groups in total. The largest absolute Gasteiger partial charge is 0.378 e. The van der Waals surface area contributed by atoms with Crippen LogP contribution in [0.25, 0.3) is 0 Å². The molecule has 0 bridgehead atoms. The van der Waals surface area contributed by atoms with E-state index in [1.807, 2.05) is 11.8 Å². The first kappa shape index (κ1) is 19.7. The van der Waals surface area contributed by atoms with E-state index in [1.54, 1.807) is 0 Å². The molecule has 0 aromatic rings. The van der Waals surface area contributed by atoms with E-state index in [2.05, 4.69) is 20.8 Å². The Morgan fingerprint density at radius 1 is 1.11 bits per heavy atom. The lowest BCUT2D eigenvalue weighted by atomic mass is 9.45. The van der Waals surface area contributed by atoms with Gasteiger partial charge < -0.3 is 10.5 Å². The zero-order valence-corrected chi connectivity index (χ0v) is 19.0. The molecule has 0 spiro atoms. The van der Waals surface area contributed by atoms with Crippen molar-refractivity contribution < 1.29 is 4.74 Å². The van der Waals surface area contributed by atoms with Crippen LogP contribution in [0.2, 0.25) is 0 Å². The molecule has 4 heteroatoms. The summed E-state index contributed by atoms with van der Waals surface area (Å²) in [4.78, 5) is 5.08. The van der Waals surface area contributed by atoms with Crippen LogP contribution in [-0.2, 0) is 4.74 Å². The van der Waals surface area contributed by atoms with Gasteiger partial charge in [-0.05, 0) is 80.5 Å². The molecular weight excluding hydrogens is 364 g/mol. The van der Waals surface area contributed by atoms with Crippen molar-refractivity contribution in [3.8, 4) is 0 Å². The second kappa shape index (κ2) is 6.90. The number of hydrogen-bond donors (Lipinski definition) is 1. The average molecular weight is 405 g/mol. The molecule has 28 heavy (non-hydrogen) atoms. The Kier molecular flexibility index (Phi) is 4.86. The van der Waals surface area contributed by atoms with Gasteiger partial charge in [0.25, 0.3) is 0 Å². The lowest BCUT2D eigenvalue weighted by Gasteiger charge is -2.61. The first-order chi connectivity index (χ1) is 13.4. The second-order valence-corrected chi connectivity index (χ2v) is 12.3. The fourth-order valence-corrected chi connectivity index (χ4v) is 9.91. The number of fused-ring (bicyclic) bond motifs is 7. The van der Waals surface area contributed by atoms with E-state index < -0.39 is 0 Å². The van der Waals surface area contributed by atoms with Crippen LogP contribution in [-0.4, -0.2) is 22.7 Å². The molecular formula is C24H40N2OS. The Bertz CT molecular complexity index is 653. The highest BCUT2D eigenvalue weighted by Crippen LogP contribution is 2.71. The highest BCUT2D eigenvalue weighted by atomic mass is 32.2. The van der Waals surface area contributed by atoms with E-state index in [1.165, 1.54) is 64.2 Å². The SMILES string of the molecule is CCCCO[C@]12N=C(N)S[C@@H]1C[C@@H]1[C@@H]3CC[C@H]4CCCC[C@]4(C)[C@H]3CC[C@@]12C. The van der Waals surface area contributed by atoms with E-state index in [0.717, 1.165) is 41.9 Å². The van der Waals surface area contributed by atoms with Crippen molar-refractivity contribution in [1.29, 1.82) is 0 Å². The topological polar surface area (TPSA) is 47.6 Å². The summed E-state index contributed by atoms with van der Waals surface area (Å²) in [6, 6.07) is 0. The molecule has 0 amide bonds. The van der Waals surface area contributed by atoms with Crippen molar-refractivity contribution in [3.05, 3.63) is 0 Å². The monoisotopic (exact) mass is 404 g/mol. The summed E-state index contributed by atoms with van der Waals surface area (Å²) in [5.41, 5.74) is 6.69. The fourth-order valence-electron chi connectivity index (χ4n) is 8.58. The molecule has 5 aliphatic rings. The number of ether oxygens (including phenoxy) is 1. The number of amidine groups is 1. The third-order valence-corrected chi connectivity index (χ3v) is 11.2. The lowest BCUT2D eigenvalue weighted by Crippen LogP contribution is -2.57. The third kappa shape index (κ3) is 2.55. The summed E-state index contributed by atoms with van der Waals surface area (Å²) < 4.78 is 6.72. The van der Waals surface area contributed by atoms with Crippen molar-refractivity contribution in [3.63, 3.8) is 0 Å². The van der Waals surface area contributed by atoms with Crippen LogP contribution in [0.3, 0.4) is 0 Å². The molecule has 3 nitrogen and oxygen atoms in total. The molecule has 1 aliphatic heterocycles. The molecule has 8 atom stereocenters. The minimum absolute atomic E-state index is 0.165. The molecule has 0 radical (unpaired) electrons. The van der Waals surface area contributed by atoms with Gasteiger partial charge in [-0.1, -0.05) is 51.8 Å². The van der Waals surface area contributed by atoms with Gasteiger partial charge in [0.05, 0.1) is 5.25 Å². The fraction of sp³-hybridized carbons (Fsp3) is 0.958. The quantitative estimate of drug-likeness (QED) is 0.587. The third-order valence-electron chi connectivity index (χ3n) is 10.1. The summed E-state index contributed by atoms with van der Waals surface area (Å²) in [5.74, 6) is 3.57. The number of unbranched alkanes of at least 4 members (excludes halogenated alkanes) is 1. The van der Waals surface area contributed by atoms with Crippen molar-refractivity contribution in [2.75, 3.05) is 6.61 Å². The van der Waals surface area contributed by atoms with Gasteiger partial charge in [0.1, 0.15) is 0 Å². The molecule has 158 valence electrons. The molecule has 4 fully saturated rings. The average Bonchev–Trinajstić information content (AvgIpc) is 3.11. The van der Waals surface area contributed by atoms with Gasteiger partial charge in [-0.2, -0.15) is 0 Å². The number of nitrogens with zero attached hydrogens (tertiary/aromatic N) is 1. The van der Waals surface area contributed by atoms with Gasteiger partial charge in [-0.3, -0.25) is 0 Å². The number of hydrogen-bond acceptors (Lipinski definition) is 4. The molecule has 1 heterocycles. The minimum atomic E-state index is -0.350. The number of rotatable bonds is 4. The van der Waals surface area contributed by atoms with E-state index in [0.29, 0.717) is 10.7 Å². The maximum absolute atomic E-state index is 6.72. The van der Waals surface area contributed by atoms with Crippen LogP contribution < -0.4 is 5.73 Å². The number of thioether (sulfide) groups is 1. The number of nitrogens with two attached hydrogens (primary N) is 1. The van der Waals surface area contributed by atoms with E-state index in [9.17, 15) is 0 Å². The molecule has 0 unspecified atom stereocenters. The maximum atomic E-state index is 6.72. The van der Waals surface area contributed by atoms with Gasteiger partial charge in [0.2, 0.25) is 0 Å². The maximum Gasteiger partial charge on any atom is 0.179 e. The van der Waals surface area contributed by atoms with Gasteiger partial charge >= 0.3 is 0 Å². The zero-order chi connectivity index (χ0) is 19.6. The zero-order valence-electron chi connectivity index (χ0n) is 18.2. The Hall–Kier alpha value is -0.220. The molecule has 0 aromatic carbocycles. The molecule has 4 saturated carbocycles. The van der Waals surface area contributed by atoms with Crippen LogP contribution in [0.15, 0.2) is 4.99 Å². The Labute approximate surface area is 176 Å². The predicted molar refractivity (Wildman–Crippen MR) is 118 cm³/mol. The van der Waals surface area contributed by atoms with Crippen LogP contribution in [0.4, 0.5) is 0 Å². The summed E-state index contributed by atoms with van der Waals surface area (Å²) in [6.07, 6.45) is 15.1. The van der Waals surface area contributed by atoms with Crippen molar-refractivity contribution in [2.24, 2.45) is 45.2 Å². The van der Waals surface area contributed by atoms with Gasteiger partial charge in [-0.15, -0.1) is 0 Å². The number of aliphatic imine (C=N–C) groups is 1. The van der Waals surface area contributed by atoms with Gasteiger partial charge in [-0.25, -0.2) is 4.99 Å². The molecule has 4 aliphatic carbocycles. The first-order valence-corrected chi connectivity index (χ1v) is 13.0. The van der Waals surface area contributed by atoms with E-state index >= 15 is 0 Å². The molecule has 5 rings (SSSR count). The van der Waals surface area contributed by atoms with Crippen LogP contribution in [0.1, 0.15) is 91.4 Å². The normalized spacial score (nSPS) is 52.4. The van der Waals surface area contributed by atoms with E-state index in [4.69, 9.17) is 15.5 Å². The smallest absolute Gasteiger partial charge is 0.179 e. The summed E-state index contributed by atoms with van der Waals surface area (Å²) in [6.45, 7) is 8.27. The Morgan fingerprint density at radius 2 is 1.96 bits per heavy atom. The van der Waals surface area contributed by atoms with Gasteiger partial charge in [0.15, 0.2) is 10.9 Å². The first-order valence-electron chi connectivity index (χ1n) is 12.1. The second-order valence-electron chi connectivity index (χ2n) is 11.0. The Balaban J connectivity index is 1.46. The summed E-state index contributed by atoms with van der Waals surface area (Å²) in [5, 5.41) is 1.21. The summed E-state index contributed by atoms with van der Waals surface area (Å²) >= 11 is 1.82. The Morgan fingerprint density at radius 3 is 2.79 bits per heavy atom. The van der Waals surface area contributed by atoms with Crippen LogP contribution in [0, 0.1) is 34.5 Å². The van der Waals surface area contributed by atoms with Gasteiger partial charge in [0, 0.05) is 12.0 Å². The molecule has 0 saturated heterocycles. The lowest BCUT2D eigenvalue weighted by molar-refractivity contribution is -0.168. The van der Waals surface area contributed by atoms with E-state index in [-0.39, 0.29) is 11.1 Å². The molecule has 0 aromatic heterocycles. The predicted octanol–water partition coefficient (Wildman–Crippen LogP) is 5.97. The summed E-state index contributed by atoms with van der Waals surface area (Å²) in [7, 11) is 0. The van der Waals surface area contributed by atoms with Crippen LogP contribution in [0.5, 0.6) is 0 Å². The standard InChI is InChI=1S/C24H40N2OS/c1-4-5-14-27-24-20(28-21(25)26-24)15-19-17-10-9-16-8-6-7-12-22(16,2)18(17)11-13-23(19,24)3/h16-20H,4-15H2,1-3H3,(H2,25,26)/t16-,17-,18+,19-,20-,22+,23+,24-/m1/s1. The van der Waals surface area contributed by atoms with Crippen LogP contribution >= 0.6 is 11.8 Å². The highest BCUT2D eigenvalue weighted by Gasteiger charge is 2.71. The van der Waals surface area contributed by atoms with Crippen molar-refractivity contribution in [2.45, 2.75) is 102 Å². The van der Waals surface area contributed by atoms with Crippen molar-refractivity contribution in [1.82, 2.24) is 0 Å². The highest BCUT2D eigenvalue weighted by molar-refractivity contribution is 8.14.